The minimum atomic E-state index is -1.08. The molecule has 0 amide bonds. The van der Waals surface area contributed by atoms with Crippen molar-refractivity contribution in [3.05, 3.63) is 54.6 Å². The van der Waals surface area contributed by atoms with E-state index in [1.807, 2.05) is 54.6 Å². The van der Waals surface area contributed by atoms with Crippen LogP contribution >= 0.6 is 0 Å². The second kappa shape index (κ2) is 6.64. The van der Waals surface area contributed by atoms with Crippen LogP contribution in [0.25, 0.3) is 33.5 Å². The number of nitrogens with zero attached hydrogens (tertiary/aromatic N) is 3. The van der Waals surface area contributed by atoms with Gasteiger partial charge in [-0.3, -0.25) is 0 Å². The number of hydrogen-bond acceptors (Lipinski definition) is 6. The van der Waals surface area contributed by atoms with Crippen LogP contribution in [0.4, 0.5) is 5.82 Å². The van der Waals surface area contributed by atoms with E-state index in [-0.39, 0.29) is 0 Å². The molecular formula is C22H18N3O3-. The summed E-state index contributed by atoms with van der Waals surface area (Å²) in [5.41, 5.74) is 2.80. The van der Waals surface area contributed by atoms with Crippen LogP contribution in [0.1, 0.15) is 19.3 Å². The van der Waals surface area contributed by atoms with E-state index in [9.17, 15) is 9.90 Å². The van der Waals surface area contributed by atoms with Crippen LogP contribution in [0.5, 0.6) is 0 Å². The Morgan fingerprint density at radius 2 is 1.82 bits per heavy atom. The van der Waals surface area contributed by atoms with E-state index in [2.05, 4.69) is 0 Å². The van der Waals surface area contributed by atoms with Gasteiger partial charge in [-0.1, -0.05) is 42.5 Å². The summed E-state index contributed by atoms with van der Waals surface area (Å²) in [4.78, 5) is 23.1. The lowest BCUT2D eigenvalue weighted by atomic mass is 10.0. The van der Waals surface area contributed by atoms with Gasteiger partial charge in [0.25, 0.3) is 0 Å². The fraction of sp³-hybridized carbons (Fsp3) is 0.227. The fourth-order valence-corrected chi connectivity index (χ4v) is 3.92. The molecule has 0 radical (unpaired) electrons. The lowest BCUT2D eigenvalue weighted by Crippen LogP contribution is -2.51. The number of carboxylic acid groups (broad SMARTS) is 1. The predicted octanol–water partition coefficient (Wildman–Crippen LogP) is 3.15. The minimum Gasteiger partial charge on any atom is -0.548 e. The summed E-state index contributed by atoms with van der Waals surface area (Å²) < 4.78 is 6.08. The lowest BCUT2D eigenvalue weighted by molar-refractivity contribution is -0.307. The van der Waals surface area contributed by atoms with Gasteiger partial charge in [0.1, 0.15) is 11.1 Å². The van der Waals surface area contributed by atoms with Crippen molar-refractivity contribution in [3.8, 4) is 11.4 Å². The topological polar surface area (TPSA) is 82.3 Å². The van der Waals surface area contributed by atoms with Gasteiger partial charge < -0.3 is 19.2 Å². The number of para-hydroxylation sites is 1. The number of fused-ring (bicyclic) bond motifs is 3. The maximum Gasteiger partial charge on any atom is 0.196 e. The van der Waals surface area contributed by atoms with E-state index in [1.165, 1.54) is 0 Å². The Morgan fingerprint density at radius 3 is 2.64 bits per heavy atom. The summed E-state index contributed by atoms with van der Waals surface area (Å²) in [5, 5.41) is 12.7. The third kappa shape index (κ3) is 2.69. The number of aromatic nitrogens is 2. The van der Waals surface area contributed by atoms with Crippen molar-refractivity contribution in [2.24, 2.45) is 0 Å². The minimum absolute atomic E-state index is 0.522. The van der Waals surface area contributed by atoms with Gasteiger partial charge in [-0.05, 0) is 31.4 Å². The van der Waals surface area contributed by atoms with Crippen molar-refractivity contribution in [3.63, 3.8) is 0 Å². The zero-order valence-corrected chi connectivity index (χ0v) is 15.2. The zero-order valence-electron chi connectivity index (χ0n) is 15.2. The fourth-order valence-electron chi connectivity index (χ4n) is 3.92. The molecule has 140 valence electrons. The summed E-state index contributed by atoms with van der Waals surface area (Å²) in [6.45, 7) is 0.593. The molecule has 0 spiro atoms. The van der Waals surface area contributed by atoms with E-state index in [0.717, 1.165) is 23.8 Å². The van der Waals surface area contributed by atoms with Gasteiger partial charge in [-0.15, -0.1) is 0 Å². The Labute approximate surface area is 161 Å². The zero-order chi connectivity index (χ0) is 19.1. The first-order valence-electron chi connectivity index (χ1n) is 9.44. The van der Waals surface area contributed by atoms with Gasteiger partial charge in [0.15, 0.2) is 17.2 Å². The Kier molecular flexibility index (Phi) is 3.97. The summed E-state index contributed by atoms with van der Waals surface area (Å²) in [7, 11) is 0. The quantitative estimate of drug-likeness (QED) is 0.549. The van der Waals surface area contributed by atoms with Crippen LogP contribution in [0, 0.1) is 0 Å². The number of aliphatic carboxylic acids is 1. The van der Waals surface area contributed by atoms with E-state index in [1.54, 1.807) is 4.90 Å². The maximum atomic E-state index is 11.8. The molecule has 0 bridgehead atoms. The number of carbonyl (C=O) groups excluding carboxylic acids is 1. The first-order chi connectivity index (χ1) is 13.7. The summed E-state index contributed by atoms with van der Waals surface area (Å²) in [6, 6.07) is 16.7. The number of benzene rings is 2. The molecule has 0 N–H and O–H groups in total. The van der Waals surface area contributed by atoms with E-state index >= 15 is 0 Å². The van der Waals surface area contributed by atoms with Gasteiger partial charge in [-0.2, -0.15) is 0 Å². The van der Waals surface area contributed by atoms with Gasteiger partial charge in [0.05, 0.1) is 12.0 Å². The van der Waals surface area contributed by atoms with Crippen molar-refractivity contribution in [1.82, 2.24) is 9.97 Å². The largest absolute Gasteiger partial charge is 0.548 e. The second-order valence-corrected chi connectivity index (χ2v) is 7.04. The SMILES string of the molecule is O=C([O-])[C@@H]1CCCCN1c1nc(-c2ccccc2)nc2c1oc1ccccc12. The molecule has 1 fully saturated rings. The number of piperidine rings is 1. The standard InChI is InChI=1S/C22H19N3O3/c26-22(27)16-11-6-7-13-25(16)21-19-18(15-10-4-5-12-17(15)28-19)23-20(24-21)14-8-2-1-3-9-14/h1-5,8-10,12,16H,6-7,11,13H2,(H,26,27)/p-1/t16-/m0/s1. The number of carbonyl (C=O) groups is 1. The number of furan rings is 1. The number of carboxylic acids is 1. The van der Waals surface area contributed by atoms with Crippen molar-refractivity contribution in [1.29, 1.82) is 0 Å². The molecule has 6 heteroatoms. The van der Waals surface area contributed by atoms with Crippen LogP contribution < -0.4 is 10.0 Å². The average molecular weight is 372 g/mol. The molecule has 2 aromatic heterocycles. The highest BCUT2D eigenvalue weighted by molar-refractivity contribution is 6.06. The molecule has 0 unspecified atom stereocenters. The van der Waals surface area contributed by atoms with Crippen LogP contribution in [-0.2, 0) is 4.79 Å². The molecule has 3 heterocycles. The van der Waals surface area contributed by atoms with Crippen LogP contribution in [0.3, 0.4) is 0 Å². The molecule has 28 heavy (non-hydrogen) atoms. The molecule has 4 aromatic rings. The molecule has 1 aliphatic rings. The highest BCUT2D eigenvalue weighted by atomic mass is 16.4. The highest BCUT2D eigenvalue weighted by Crippen LogP contribution is 2.36. The number of rotatable bonds is 3. The molecular weight excluding hydrogens is 354 g/mol. The highest BCUT2D eigenvalue weighted by Gasteiger charge is 2.29. The molecule has 1 saturated heterocycles. The van der Waals surface area contributed by atoms with Gasteiger partial charge in [0, 0.05) is 17.5 Å². The Morgan fingerprint density at radius 1 is 1.04 bits per heavy atom. The summed E-state index contributed by atoms with van der Waals surface area (Å²) in [6.07, 6.45) is 2.29. The summed E-state index contributed by atoms with van der Waals surface area (Å²) in [5.74, 6) is -0.00453. The van der Waals surface area contributed by atoms with Gasteiger partial charge >= 0.3 is 0 Å². The van der Waals surface area contributed by atoms with E-state index in [4.69, 9.17) is 14.4 Å². The average Bonchev–Trinajstić information content (AvgIpc) is 3.12. The van der Waals surface area contributed by atoms with Crippen molar-refractivity contribution >= 4 is 33.9 Å². The Bertz CT molecular complexity index is 1170. The molecule has 6 nitrogen and oxygen atoms in total. The molecule has 1 atom stereocenters. The first kappa shape index (κ1) is 16.7. The number of hydrogen-bond donors (Lipinski definition) is 0. The monoisotopic (exact) mass is 372 g/mol. The molecule has 5 rings (SSSR count). The molecule has 2 aromatic carbocycles. The molecule has 0 saturated carbocycles. The summed E-state index contributed by atoms with van der Waals surface area (Å²) >= 11 is 0. The number of anilines is 1. The third-order valence-electron chi connectivity index (χ3n) is 5.28. The molecule has 1 aliphatic heterocycles. The van der Waals surface area contributed by atoms with E-state index in [0.29, 0.717) is 41.3 Å². The van der Waals surface area contributed by atoms with Crippen molar-refractivity contribution < 1.29 is 14.3 Å². The first-order valence-corrected chi connectivity index (χ1v) is 9.44. The second-order valence-electron chi connectivity index (χ2n) is 7.04. The van der Waals surface area contributed by atoms with Gasteiger partial charge in [0.2, 0.25) is 0 Å². The van der Waals surface area contributed by atoms with Crippen molar-refractivity contribution in [2.75, 3.05) is 11.4 Å². The Balaban J connectivity index is 1.80. The van der Waals surface area contributed by atoms with Crippen LogP contribution in [0.15, 0.2) is 59.0 Å². The Hall–Kier alpha value is -3.41. The van der Waals surface area contributed by atoms with Gasteiger partial charge in [-0.25, -0.2) is 9.97 Å². The normalized spacial score (nSPS) is 17.3. The van der Waals surface area contributed by atoms with E-state index < -0.39 is 12.0 Å². The smallest absolute Gasteiger partial charge is 0.196 e. The molecule has 0 aliphatic carbocycles. The lowest BCUT2D eigenvalue weighted by Gasteiger charge is -2.37. The predicted molar refractivity (Wildman–Crippen MR) is 105 cm³/mol. The van der Waals surface area contributed by atoms with Crippen LogP contribution in [0.2, 0.25) is 0 Å². The van der Waals surface area contributed by atoms with Crippen LogP contribution in [-0.4, -0.2) is 28.5 Å². The third-order valence-corrected chi connectivity index (χ3v) is 5.28. The van der Waals surface area contributed by atoms with Crippen molar-refractivity contribution in [2.45, 2.75) is 25.3 Å². The maximum absolute atomic E-state index is 11.8.